The third-order valence-corrected chi connectivity index (χ3v) is 2.98. The highest BCUT2D eigenvalue weighted by atomic mass is 35.5. The first-order chi connectivity index (χ1) is 9.01. The average molecular weight is 298 g/mol. The minimum absolute atomic E-state index is 0.477. The first-order valence-corrected chi connectivity index (χ1v) is 6.33. The molecular weight excluding hydrogens is 285 g/mol. The van der Waals surface area contributed by atoms with E-state index in [9.17, 15) is 0 Å². The Kier molecular flexibility index (Phi) is 4.07. The van der Waals surface area contributed by atoms with Gasteiger partial charge >= 0.3 is 0 Å². The van der Waals surface area contributed by atoms with E-state index in [0.29, 0.717) is 33.3 Å². The van der Waals surface area contributed by atoms with E-state index in [0.717, 1.165) is 0 Å². The van der Waals surface area contributed by atoms with Crippen molar-refractivity contribution in [2.75, 3.05) is 31.4 Å². The molecule has 7 heteroatoms. The predicted molar refractivity (Wildman–Crippen MR) is 79.2 cm³/mol. The summed E-state index contributed by atoms with van der Waals surface area (Å²) in [7, 11) is 5.47. The lowest BCUT2D eigenvalue weighted by Crippen LogP contribution is -2.15. The molecule has 5 nitrogen and oxygen atoms in total. The molecule has 0 spiro atoms. The number of anilines is 2. The fourth-order valence-electron chi connectivity index (χ4n) is 1.47. The van der Waals surface area contributed by atoms with Gasteiger partial charge in [0.15, 0.2) is 5.82 Å². The zero-order valence-corrected chi connectivity index (χ0v) is 12.3. The van der Waals surface area contributed by atoms with E-state index in [2.05, 4.69) is 20.3 Å². The fraction of sp³-hybridized carbons (Fsp3) is 0.250. The van der Waals surface area contributed by atoms with Crippen molar-refractivity contribution >= 4 is 35.1 Å². The van der Waals surface area contributed by atoms with Gasteiger partial charge in [0, 0.05) is 31.7 Å². The summed E-state index contributed by atoms with van der Waals surface area (Å²) in [6.45, 7) is 0. The Labute approximate surface area is 121 Å². The Morgan fingerprint density at radius 2 is 1.84 bits per heavy atom. The molecule has 0 atom stereocenters. The van der Waals surface area contributed by atoms with Crippen LogP contribution >= 0.6 is 23.2 Å². The van der Waals surface area contributed by atoms with Gasteiger partial charge in [0.2, 0.25) is 11.9 Å². The van der Waals surface area contributed by atoms with Crippen LogP contribution in [0.5, 0.6) is 0 Å². The minimum Gasteiger partial charge on any atom is -0.357 e. The quantitative estimate of drug-likeness (QED) is 0.944. The zero-order valence-electron chi connectivity index (χ0n) is 10.8. The topological polar surface area (TPSA) is 53.9 Å². The van der Waals surface area contributed by atoms with Gasteiger partial charge in [-0.3, -0.25) is 0 Å². The van der Waals surface area contributed by atoms with Crippen LogP contribution in [0, 0.1) is 0 Å². The molecule has 0 aliphatic heterocycles. The molecule has 0 fully saturated rings. The van der Waals surface area contributed by atoms with Crippen LogP contribution in [0.3, 0.4) is 0 Å². The molecule has 0 aliphatic rings. The number of aromatic nitrogens is 3. The molecule has 2 aromatic rings. The van der Waals surface area contributed by atoms with E-state index in [1.807, 2.05) is 14.1 Å². The van der Waals surface area contributed by atoms with Crippen molar-refractivity contribution < 1.29 is 0 Å². The van der Waals surface area contributed by atoms with Crippen molar-refractivity contribution in [2.45, 2.75) is 0 Å². The van der Waals surface area contributed by atoms with Gasteiger partial charge in [-0.1, -0.05) is 23.2 Å². The number of hydrogen-bond acceptors (Lipinski definition) is 5. The normalized spacial score (nSPS) is 10.4. The lowest BCUT2D eigenvalue weighted by molar-refractivity contribution is 0.963. The van der Waals surface area contributed by atoms with E-state index in [1.165, 1.54) is 0 Å². The summed E-state index contributed by atoms with van der Waals surface area (Å²) in [4.78, 5) is 14.7. The lowest BCUT2D eigenvalue weighted by Gasteiger charge is -2.13. The van der Waals surface area contributed by atoms with E-state index >= 15 is 0 Å². The second kappa shape index (κ2) is 5.59. The number of nitrogens with zero attached hydrogens (tertiary/aromatic N) is 4. The Balaban J connectivity index is 2.60. The highest BCUT2D eigenvalue weighted by Crippen LogP contribution is 2.29. The summed E-state index contributed by atoms with van der Waals surface area (Å²) >= 11 is 12.2. The summed E-state index contributed by atoms with van der Waals surface area (Å²) in [5, 5.41) is 4.03. The average Bonchev–Trinajstić information content (AvgIpc) is 2.40. The summed E-state index contributed by atoms with van der Waals surface area (Å²) in [5.41, 5.74) is 0.677. The zero-order chi connectivity index (χ0) is 14.0. The third-order valence-electron chi connectivity index (χ3n) is 2.42. The van der Waals surface area contributed by atoms with Crippen LogP contribution in [0.2, 0.25) is 10.0 Å². The number of hydrogen-bond donors (Lipinski definition) is 1. The van der Waals surface area contributed by atoms with Crippen LogP contribution in [0.1, 0.15) is 0 Å². The molecule has 0 saturated heterocycles. The molecule has 1 N–H and O–H groups in total. The van der Waals surface area contributed by atoms with Crippen molar-refractivity contribution in [3.8, 4) is 11.4 Å². The number of rotatable bonds is 3. The second-order valence-corrected chi connectivity index (χ2v) is 4.89. The minimum atomic E-state index is 0.477. The molecule has 2 rings (SSSR count). The van der Waals surface area contributed by atoms with Gasteiger partial charge in [0.1, 0.15) is 0 Å². The van der Waals surface area contributed by atoms with Crippen LogP contribution < -0.4 is 10.2 Å². The Morgan fingerprint density at radius 1 is 1.11 bits per heavy atom. The molecule has 1 aromatic carbocycles. The third kappa shape index (κ3) is 3.05. The molecular formula is C12H13Cl2N5. The molecule has 0 saturated carbocycles. The van der Waals surface area contributed by atoms with Crippen molar-refractivity contribution in [3.05, 3.63) is 28.2 Å². The predicted octanol–water partition coefficient (Wildman–Crippen LogP) is 2.95. The highest BCUT2D eigenvalue weighted by Gasteiger charge is 2.12. The first kappa shape index (κ1) is 13.8. The molecule has 1 aromatic heterocycles. The number of halogens is 2. The summed E-state index contributed by atoms with van der Waals surface area (Å²) in [5.74, 6) is 1.51. The standard InChI is InChI=1S/C12H13Cl2N5/c1-15-11-16-10(17-12(18-11)19(2)3)8-6-7(13)4-5-9(8)14/h4-6H,1-3H3,(H,15,16,17,18). The van der Waals surface area contributed by atoms with Gasteiger partial charge in [0.25, 0.3) is 0 Å². The molecule has 0 radical (unpaired) electrons. The summed E-state index contributed by atoms with van der Waals surface area (Å²) < 4.78 is 0. The summed E-state index contributed by atoms with van der Waals surface area (Å²) in [6.07, 6.45) is 0. The number of benzene rings is 1. The monoisotopic (exact) mass is 297 g/mol. The largest absolute Gasteiger partial charge is 0.357 e. The molecule has 0 bridgehead atoms. The maximum Gasteiger partial charge on any atom is 0.230 e. The smallest absolute Gasteiger partial charge is 0.230 e. The Morgan fingerprint density at radius 3 is 2.47 bits per heavy atom. The van der Waals surface area contributed by atoms with Gasteiger partial charge in [-0.25, -0.2) is 0 Å². The van der Waals surface area contributed by atoms with Gasteiger partial charge in [-0.05, 0) is 18.2 Å². The van der Waals surface area contributed by atoms with Crippen molar-refractivity contribution in [3.63, 3.8) is 0 Å². The van der Waals surface area contributed by atoms with Crippen LogP contribution in [0.25, 0.3) is 11.4 Å². The second-order valence-electron chi connectivity index (χ2n) is 4.05. The molecule has 19 heavy (non-hydrogen) atoms. The maximum atomic E-state index is 6.17. The molecule has 1 heterocycles. The van der Waals surface area contributed by atoms with Crippen molar-refractivity contribution in [1.82, 2.24) is 15.0 Å². The van der Waals surface area contributed by atoms with Crippen molar-refractivity contribution in [2.24, 2.45) is 0 Å². The lowest BCUT2D eigenvalue weighted by atomic mass is 10.2. The van der Waals surface area contributed by atoms with Crippen LogP contribution in [-0.2, 0) is 0 Å². The molecule has 100 valence electrons. The Bertz CT molecular complexity index is 601. The van der Waals surface area contributed by atoms with Crippen LogP contribution in [-0.4, -0.2) is 36.1 Å². The highest BCUT2D eigenvalue weighted by molar-refractivity contribution is 6.35. The molecule has 0 aliphatic carbocycles. The Hall–Kier alpha value is -1.59. The molecule has 0 unspecified atom stereocenters. The maximum absolute atomic E-state index is 6.17. The van der Waals surface area contributed by atoms with Gasteiger partial charge < -0.3 is 10.2 Å². The number of nitrogens with one attached hydrogen (secondary N) is 1. The first-order valence-electron chi connectivity index (χ1n) is 5.58. The van der Waals surface area contributed by atoms with Crippen LogP contribution in [0.4, 0.5) is 11.9 Å². The van der Waals surface area contributed by atoms with Gasteiger partial charge in [-0.15, -0.1) is 0 Å². The SMILES string of the molecule is CNc1nc(-c2cc(Cl)ccc2Cl)nc(N(C)C)n1. The van der Waals surface area contributed by atoms with E-state index < -0.39 is 0 Å². The van der Waals surface area contributed by atoms with Gasteiger partial charge in [0.05, 0.1) is 5.02 Å². The van der Waals surface area contributed by atoms with E-state index in [1.54, 1.807) is 30.1 Å². The van der Waals surface area contributed by atoms with E-state index in [-0.39, 0.29) is 0 Å². The van der Waals surface area contributed by atoms with E-state index in [4.69, 9.17) is 23.2 Å². The summed E-state index contributed by atoms with van der Waals surface area (Å²) in [6, 6.07) is 5.18. The molecule has 0 amide bonds. The van der Waals surface area contributed by atoms with Crippen LogP contribution in [0.15, 0.2) is 18.2 Å². The van der Waals surface area contributed by atoms with Crippen molar-refractivity contribution in [1.29, 1.82) is 0 Å². The van der Waals surface area contributed by atoms with Gasteiger partial charge in [-0.2, -0.15) is 15.0 Å². The fourth-order valence-corrected chi connectivity index (χ4v) is 1.84.